The smallest absolute Gasteiger partial charge is 0.254 e. The van der Waals surface area contributed by atoms with Crippen molar-refractivity contribution in [3.8, 4) is 0 Å². The predicted octanol–water partition coefficient (Wildman–Crippen LogP) is 1.35. The number of carbonyl (C=O) groups excluding carboxylic acids is 2. The second kappa shape index (κ2) is 7.92. The fourth-order valence-electron chi connectivity index (χ4n) is 4.00. The van der Waals surface area contributed by atoms with Crippen molar-refractivity contribution in [1.29, 1.82) is 0 Å². The standard InChI is InChI=1S/C22H25N3O2/c26-21-10-5-11-25(21)20-9-4-8-19(16-20)22(27)24-14-12-23(13-15-24)17-18-6-2-1-3-7-18/h1-4,6-9,16H,5,10-15,17H2/p+1. The maximum atomic E-state index is 12.9. The minimum atomic E-state index is 0.0715. The molecule has 0 unspecified atom stereocenters. The number of anilines is 1. The molecule has 0 aliphatic carbocycles. The Morgan fingerprint density at radius 3 is 2.44 bits per heavy atom. The highest BCUT2D eigenvalue weighted by Crippen LogP contribution is 2.22. The first-order chi connectivity index (χ1) is 13.2. The van der Waals surface area contributed by atoms with Crippen molar-refractivity contribution in [3.63, 3.8) is 0 Å². The lowest BCUT2D eigenvalue weighted by Gasteiger charge is -2.32. The summed E-state index contributed by atoms with van der Waals surface area (Å²) in [6.07, 6.45) is 1.49. The van der Waals surface area contributed by atoms with E-state index in [-0.39, 0.29) is 11.8 Å². The number of hydrogen-bond acceptors (Lipinski definition) is 2. The van der Waals surface area contributed by atoms with Crippen LogP contribution in [0.2, 0.25) is 0 Å². The summed E-state index contributed by atoms with van der Waals surface area (Å²) in [6, 6.07) is 18.0. The second-order valence-electron chi connectivity index (χ2n) is 7.40. The highest BCUT2D eigenvalue weighted by Gasteiger charge is 2.26. The van der Waals surface area contributed by atoms with Crippen LogP contribution in [0.4, 0.5) is 5.69 Å². The summed E-state index contributed by atoms with van der Waals surface area (Å²) in [7, 11) is 0. The molecule has 0 spiro atoms. The van der Waals surface area contributed by atoms with Crippen LogP contribution in [-0.2, 0) is 11.3 Å². The van der Waals surface area contributed by atoms with Crippen LogP contribution in [0.1, 0.15) is 28.8 Å². The summed E-state index contributed by atoms with van der Waals surface area (Å²) in [5.41, 5.74) is 2.87. The van der Waals surface area contributed by atoms with Gasteiger partial charge in [-0.25, -0.2) is 0 Å². The molecule has 27 heavy (non-hydrogen) atoms. The molecule has 4 rings (SSSR count). The lowest BCUT2D eigenvalue weighted by molar-refractivity contribution is -0.917. The van der Waals surface area contributed by atoms with Crippen LogP contribution in [0.3, 0.4) is 0 Å². The summed E-state index contributed by atoms with van der Waals surface area (Å²) in [5.74, 6) is 0.222. The molecule has 2 aliphatic heterocycles. The average molecular weight is 364 g/mol. The lowest BCUT2D eigenvalue weighted by atomic mass is 10.1. The number of rotatable bonds is 4. The Balaban J connectivity index is 1.37. The molecule has 5 nitrogen and oxygen atoms in total. The quantitative estimate of drug-likeness (QED) is 0.890. The molecule has 2 saturated heterocycles. The third-order valence-electron chi connectivity index (χ3n) is 5.53. The van der Waals surface area contributed by atoms with Gasteiger partial charge in [-0.15, -0.1) is 0 Å². The Morgan fingerprint density at radius 1 is 0.963 bits per heavy atom. The van der Waals surface area contributed by atoms with E-state index in [2.05, 4.69) is 24.3 Å². The number of amides is 2. The molecule has 0 atom stereocenters. The van der Waals surface area contributed by atoms with E-state index in [4.69, 9.17) is 0 Å². The Kier molecular flexibility index (Phi) is 5.21. The molecular formula is C22H26N3O2+. The molecule has 5 heteroatoms. The van der Waals surface area contributed by atoms with Gasteiger partial charge in [0, 0.05) is 29.8 Å². The largest absolute Gasteiger partial charge is 0.328 e. The average Bonchev–Trinajstić information content (AvgIpc) is 3.15. The zero-order valence-corrected chi connectivity index (χ0v) is 15.6. The predicted molar refractivity (Wildman–Crippen MR) is 105 cm³/mol. The number of benzene rings is 2. The molecule has 0 radical (unpaired) electrons. The van der Waals surface area contributed by atoms with Crippen LogP contribution in [-0.4, -0.2) is 49.4 Å². The fourth-order valence-corrected chi connectivity index (χ4v) is 4.00. The summed E-state index contributed by atoms with van der Waals surface area (Å²) >= 11 is 0. The topological polar surface area (TPSA) is 45.1 Å². The molecule has 2 heterocycles. The maximum absolute atomic E-state index is 12.9. The van der Waals surface area contributed by atoms with Crippen molar-refractivity contribution in [2.24, 2.45) is 0 Å². The van der Waals surface area contributed by atoms with E-state index in [1.54, 1.807) is 4.90 Å². The van der Waals surface area contributed by atoms with Crippen molar-refractivity contribution in [3.05, 3.63) is 65.7 Å². The van der Waals surface area contributed by atoms with Crippen LogP contribution in [0.25, 0.3) is 0 Å². The van der Waals surface area contributed by atoms with E-state index in [9.17, 15) is 9.59 Å². The number of quaternary nitrogens is 1. The summed E-state index contributed by atoms with van der Waals surface area (Å²) < 4.78 is 0. The van der Waals surface area contributed by atoms with Crippen molar-refractivity contribution in [1.82, 2.24) is 4.90 Å². The first-order valence-corrected chi connectivity index (χ1v) is 9.78. The number of hydrogen-bond donors (Lipinski definition) is 1. The molecule has 2 aromatic rings. The van der Waals surface area contributed by atoms with E-state index in [1.165, 1.54) is 10.5 Å². The Morgan fingerprint density at radius 2 is 1.74 bits per heavy atom. The Hall–Kier alpha value is -2.66. The van der Waals surface area contributed by atoms with E-state index >= 15 is 0 Å². The highest BCUT2D eigenvalue weighted by atomic mass is 16.2. The molecule has 2 aliphatic rings. The first-order valence-electron chi connectivity index (χ1n) is 9.78. The van der Waals surface area contributed by atoms with E-state index in [0.29, 0.717) is 12.0 Å². The summed E-state index contributed by atoms with van der Waals surface area (Å²) in [4.78, 5) is 30.1. The molecular weight excluding hydrogens is 338 g/mol. The van der Waals surface area contributed by atoms with Gasteiger partial charge in [-0.3, -0.25) is 9.59 Å². The molecule has 0 saturated carbocycles. The van der Waals surface area contributed by atoms with Crippen LogP contribution in [0, 0.1) is 0 Å². The zero-order valence-electron chi connectivity index (χ0n) is 15.6. The normalized spacial score (nSPS) is 18.1. The van der Waals surface area contributed by atoms with Gasteiger partial charge in [0.1, 0.15) is 6.54 Å². The van der Waals surface area contributed by atoms with Crippen molar-refractivity contribution in [2.75, 3.05) is 37.6 Å². The zero-order chi connectivity index (χ0) is 18.6. The van der Waals surface area contributed by atoms with Gasteiger partial charge in [-0.05, 0) is 24.6 Å². The summed E-state index contributed by atoms with van der Waals surface area (Å²) in [6.45, 7) is 5.23. The van der Waals surface area contributed by atoms with E-state index in [0.717, 1.165) is 51.4 Å². The molecule has 2 aromatic carbocycles. The van der Waals surface area contributed by atoms with E-state index in [1.807, 2.05) is 35.2 Å². The first kappa shape index (κ1) is 17.7. The van der Waals surface area contributed by atoms with Gasteiger partial charge in [0.2, 0.25) is 5.91 Å². The lowest BCUT2D eigenvalue weighted by Crippen LogP contribution is -3.13. The summed E-state index contributed by atoms with van der Waals surface area (Å²) in [5, 5.41) is 0. The number of carbonyl (C=O) groups is 2. The molecule has 140 valence electrons. The van der Waals surface area contributed by atoms with Gasteiger partial charge >= 0.3 is 0 Å². The van der Waals surface area contributed by atoms with Crippen molar-refractivity contribution >= 4 is 17.5 Å². The van der Waals surface area contributed by atoms with Gasteiger partial charge in [-0.1, -0.05) is 36.4 Å². The van der Waals surface area contributed by atoms with E-state index < -0.39 is 0 Å². The van der Waals surface area contributed by atoms with Crippen LogP contribution >= 0.6 is 0 Å². The molecule has 0 bridgehead atoms. The second-order valence-corrected chi connectivity index (χ2v) is 7.40. The van der Waals surface area contributed by atoms with Gasteiger partial charge in [0.05, 0.1) is 26.2 Å². The SMILES string of the molecule is O=C(c1cccc(N2CCCC2=O)c1)N1CC[NH+](Cc2ccccc2)CC1. The Labute approximate surface area is 160 Å². The number of piperazine rings is 1. The molecule has 0 aromatic heterocycles. The maximum Gasteiger partial charge on any atom is 0.254 e. The van der Waals surface area contributed by atoms with Crippen molar-refractivity contribution < 1.29 is 14.5 Å². The van der Waals surface area contributed by atoms with Gasteiger partial charge in [0.25, 0.3) is 5.91 Å². The van der Waals surface area contributed by atoms with Crippen LogP contribution in [0.5, 0.6) is 0 Å². The van der Waals surface area contributed by atoms with Crippen LogP contribution < -0.4 is 9.80 Å². The highest BCUT2D eigenvalue weighted by molar-refractivity contribution is 5.99. The number of nitrogens with zero attached hydrogens (tertiary/aromatic N) is 2. The van der Waals surface area contributed by atoms with Crippen molar-refractivity contribution in [2.45, 2.75) is 19.4 Å². The Bertz CT molecular complexity index is 813. The minimum Gasteiger partial charge on any atom is -0.328 e. The molecule has 2 amide bonds. The van der Waals surface area contributed by atoms with Gasteiger partial charge in [0.15, 0.2) is 0 Å². The van der Waals surface area contributed by atoms with Gasteiger partial charge < -0.3 is 14.7 Å². The third kappa shape index (κ3) is 4.03. The fraction of sp³-hybridized carbons (Fsp3) is 0.364. The third-order valence-corrected chi connectivity index (χ3v) is 5.53. The van der Waals surface area contributed by atoms with Gasteiger partial charge in [-0.2, -0.15) is 0 Å². The minimum absolute atomic E-state index is 0.0715. The molecule has 2 fully saturated rings. The van der Waals surface area contributed by atoms with Crippen LogP contribution in [0.15, 0.2) is 54.6 Å². The number of nitrogens with one attached hydrogen (secondary N) is 1. The monoisotopic (exact) mass is 364 g/mol. The molecule has 1 N–H and O–H groups in total.